The maximum Gasteiger partial charge on any atom is 0.408 e. The van der Waals surface area contributed by atoms with Gasteiger partial charge in [-0.05, 0) is 34.1 Å². The van der Waals surface area contributed by atoms with Crippen LogP contribution < -0.4 is 5.73 Å². The molecule has 0 radical (unpaired) electrons. The molecule has 4 heteroatoms. The molecule has 96 valence electrons. The van der Waals surface area contributed by atoms with Crippen molar-refractivity contribution in [3.05, 3.63) is 0 Å². The minimum atomic E-state index is -0.896. The minimum absolute atomic E-state index is 0.0877. The normalized spacial score (nSPS) is 15.6. The fourth-order valence-corrected chi connectivity index (χ4v) is 1.94. The van der Waals surface area contributed by atoms with E-state index in [4.69, 9.17) is 5.73 Å². The number of nitrogens with zero attached hydrogens (tertiary/aromatic N) is 1. The van der Waals surface area contributed by atoms with Gasteiger partial charge in [0.15, 0.2) is 0 Å². The van der Waals surface area contributed by atoms with Gasteiger partial charge in [0.05, 0.1) is 0 Å². The fourth-order valence-electron chi connectivity index (χ4n) is 1.94. The number of amides is 1. The van der Waals surface area contributed by atoms with Crippen molar-refractivity contribution in [2.45, 2.75) is 71.5 Å². The Labute approximate surface area is 98.8 Å². The third kappa shape index (κ3) is 4.39. The molecule has 0 aromatic carbocycles. The molecule has 0 saturated heterocycles. The van der Waals surface area contributed by atoms with Crippen molar-refractivity contribution in [1.29, 1.82) is 0 Å². The number of carbonyl (C=O) groups is 1. The van der Waals surface area contributed by atoms with Crippen LogP contribution in [0.3, 0.4) is 0 Å². The number of unbranched alkanes of at least 4 members (excludes halogenated alkanes) is 1. The summed E-state index contributed by atoms with van der Waals surface area (Å²) in [5.41, 5.74) is 5.63. The van der Waals surface area contributed by atoms with Crippen molar-refractivity contribution in [2.75, 3.05) is 0 Å². The van der Waals surface area contributed by atoms with Crippen LogP contribution in [0.15, 0.2) is 0 Å². The third-order valence-electron chi connectivity index (χ3n) is 2.85. The summed E-state index contributed by atoms with van der Waals surface area (Å²) in [5, 5.41) is 9.22. The number of nitrogens with two attached hydrogens (primary N) is 1. The summed E-state index contributed by atoms with van der Waals surface area (Å²) in [7, 11) is 0. The second-order valence-corrected chi connectivity index (χ2v) is 5.37. The second-order valence-electron chi connectivity index (χ2n) is 5.37. The molecule has 0 aromatic rings. The molecule has 0 fully saturated rings. The first-order valence-corrected chi connectivity index (χ1v) is 5.99. The first-order valence-electron chi connectivity index (χ1n) is 5.99. The van der Waals surface area contributed by atoms with Gasteiger partial charge in [0.1, 0.15) is 0 Å². The molecule has 0 aliphatic carbocycles. The van der Waals surface area contributed by atoms with E-state index in [1.165, 1.54) is 4.90 Å². The topological polar surface area (TPSA) is 66.6 Å². The molecule has 0 heterocycles. The SMILES string of the molecule is CCCC[C@@H](N)[C@H](C)N(C(=O)O)C(C)(C)C. The van der Waals surface area contributed by atoms with E-state index in [0.29, 0.717) is 0 Å². The van der Waals surface area contributed by atoms with E-state index in [-0.39, 0.29) is 12.1 Å². The lowest BCUT2D eigenvalue weighted by molar-refractivity contribution is 0.0659. The van der Waals surface area contributed by atoms with E-state index in [1.54, 1.807) is 0 Å². The van der Waals surface area contributed by atoms with Crippen LogP contribution in [-0.2, 0) is 0 Å². The van der Waals surface area contributed by atoms with Gasteiger partial charge in [-0.3, -0.25) is 4.90 Å². The van der Waals surface area contributed by atoms with E-state index in [2.05, 4.69) is 6.92 Å². The molecule has 0 aliphatic heterocycles. The molecule has 0 saturated carbocycles. The molecule has 3 N–H and O–H groups in total. The van der Waals surface area contributed by atoms with E-state index in [0.717, 1.165) is 19.3 Å². The second kappa shape index (κ2) is 6.09. The summed E-state index contributed by atoms with van der Waals surface area (Å²) in [6, 6.07) is -0.237. The number of hydrogen-bond acceptors (Lipinski definition) is 2. The van der Waals surface area contributed by atoms with Crippen LogP contribution in [0.2, 0.25) is 0 Å². The van der Waals surface area contributed by atoms with E-state index >= 15 is 0 Å². The monoisotopic (exact) mass is 230 g/mol. The lowest BCUT2D eigenvalue weighted by atomic mass is 9.97. The van der Waals surface area contributed by atoms with Gasteiger partial charge >= 0.3 is 6.09 Å². The molecule has 0 unspecified atom stereocenters. The highest BCUT2D eigenvalue weighted by Gasteiger charge is 2.33. The van der Waals surface area contributed by atoms with Gasteiger partial charge in [-0.15, -0.1) is 0 Å². The zero-order valence-corrected chi connectivity index (χ0v) is 11.2. The molecule has 0 aliphatic rings. The van der Waals surface area contributed by atoms with Crippen molar-refractivity contribution in [2.24, 2.45) is 5.73 Å². The van der Waals surface area contributed by atoms with Gasteiger partial charge < -0.3 is 10.8 Å². The number of carboxylic acid groups (broad SMARTS) is 1. The Morgan fingerprint density at radius 2 is 1.94 bits per heavy atom. The van der Waals surface area contributed by atoms with E-state index < -0.39 is 11.6 Å². The smallest absolute Gasteiger partial charge is 0.408 e. The van der Waals surface area contributed by atoms with Crippen LogP contribution in [-0.4, -0.2) is 33.7 Å². The largest absolute Gasteiger partial charge is 0.465 e. The highest BCUT2D eigenvalue weighted by atomic mass is 16.4. The minimum Gasteiger partial charge on any atom is -0.465 e. The predicted molar refractivity (Wildman–Crippen MR) is 66.6 cm³/mol. The highest BCUT2D eigenvalue weighted by molar-refractivity contribution is 5.66. The fraction of sp³-hybridized carbons (Fsp3) is 0.917. The summed E-state index contributed by atoms with van der Waals surface area (Å²) in [6.07, 6.45) is 2.11. The van der Waals surface area contributed by atoms with Crippen LogP contribution in [0.5, 0.6) is 0 Å². The van der Waals surface area contributed by atoms with Crippen molar-refractivity contribution >= 4 is 6.09 Å². The first kappa shape index (κ1) is 15.2. The van der Waals surface area contributed by atoms with Gasteiger partial charge in [0.25, 0.3) is 0 Å². The molecule has 0 rings (SSSR count). The average Bonchev–Trinajstić information content (AvgIpc) is 2.10. The van der Waals surface area contributed by atoms with E-state index in [1.807, 2.05) is 27.7 Å². The molecule has 1 amide bonds. The van der Waals surface area contributed by atoms with Crippen molar-refractivity contribution in [1.82, 2.24) is 4.90 Å². The zero-order chi connectivity index (χ0) is 12.9. The first-order chi connectivity index (χ1) is 7.21. The number of rotatable bonds is 5. The van der Waals surface area contributed by atoms with Crippen LogP contribution in [0.1, 0.15) is 53.9 Å². The third-order valence-corrected chi connectivity index (χ3v) is 2.85. The van der Waals surface area contributed by atoms with Gasteiger partial charge in [-0.25, -0.2) is 4.79 Å². The molecule has 0 bridgehead atoms. The maximum absolute atomic E-state index is 11.2. The zero-order valence-electron chi connectivity index (χ0n) is 11.2. The Morgan fingerprint density at radius 3 is 2.25 bits per heavy atom. The molecule has 16 heavy (non-hydrogen) atoms. The van der Waals surface area contributed by atoms with Gasteiger partial charge in [-0.2, -0.15) is 0 Å². The summed E-state index contributed by atoms with van der Waals surface area (Å²) in [6.45, 7) is 9.67. The van der Waals surface area contributed by atoms with Crippen LogP contribution in [0, 0.1) is 0 Å². The lowest BCUT2D eigenvalue weighted by Crippen LogP contribution is -2.56. The average molecular weight is 230 g/mol. The Balaban J connectivity index is 4.62. The van der Waals surface area contributed by atoms with Crippen LogP contribution >= 0.6 is 0 Å². The van der Waals surface area contributed by atoms with Crippen LogP contribution in [0.25, 0.3) is 0 Å². The standard InChI is InChI=1S/C12H26N2O2/c1-6-7-8-10(13)9(2)14(11(15)16)12(3,4)5/h9-10H,6-8,13H2,1-5H3,(H,15,16)/t9-,10+/m0/s1. The highest BCUT2D eigenvalue weighted by Crippen LogP contribution is 2.20. The van der Waals surface area contributed by atoms with Gasteiger partial charge in [-0.1, -0.05) is 19.8 Å². The summed E-state index contributed by atoms with van der Waals surface area (Å²) in [4.78, 5) is 12.7. The summed E-state index contributed by atoms with van der Waals surface area (Å²) in [5.74, 6) is 0. The summed E-state index contributed by atoms with van der Waals surface area (Å²) < 4.78 is 0. The number of hydrogen-bond donors (Lipinski definition) is 2. The molecular formula is C12H26N2O2. The molecular weight excluding hydrogens is 204 g/mol. The van der Waals surface area contributed by atoms with Gasteiger partial charge in [0.2, 0.25) is 0 Å². The Hall–Kier alpha value is -0.770. The van der Waals surface area contributed by atoms with Gasteiger partial charge in [0, 0.05) is 17.6 Å². The van der Waals surface area contributed by atoms with Crippen molar-refractivity contribution < 1.29 is 9.90 Å². The Morgan fingerprint density at radius 1 is 1.44 bits per heavy atom. The Bertz CT molecular complexity index is 224. The lowest BCUT2D eigenvalue weighted by Gasteiger charge is -2.40. The molecule has 4 nitrogen and oxygen atoms in total. The van der Waals surface area contributed by atoms with Crippen LogP contribution in [0.4, 0.5) is 4.79 Å². The van der Waals surface area contributed by atoms with Crippen molar-refractivity contribution in [3.63, 3.8) is 0 Å². The molecule has 0 spiro atoms. The Kier molecular flexibility index (Phi) is 5.79. The quantitative estimate of drug-likeness (QED) is 0.763. The molecule has 0 aromatic heterocycles. The molecule has 2 atom stereocenters. The predicted octanol–water partition coefficient (Wildman–Crippen LogP) is 2.67. The van der Waals surface area contributed by atoms with E-state index in [9.17, 15) is 9.90 Å². The maximum atomic E-state index is 11.2. The van der Waals surface area contributed by atoms with Crippen molar-refractivity contribution in [3.8, 4) is 0 Å². The summed E-state index contributed by atoms with van der Waals surface area (Å²) >= 11 is 0.